The van der Waals surface area contributed by atoms with Gasteiger partial charge in [0.15, 0.2) is 0 Å². The first kappa shape index (κ1) is 11.5. The Labute approximate surface area is 94.9 Å². The Bertz CT molecular complexity index is 370. The number of nitrogens with one attached hydrogen (secondary N) is 1. The van der Waals surface area contributed by atoms with Crippen molar-refractivity contribution in [3.8, 4) is 0 Å². The van der Waals surface area contributed by atoms with Crippen molar-refractivity contribution in [2.75, 3.05) is 13.1 Å². The molecule has 2 rings (SSSR count). The van der Waals surface area contributed by atoms with Gasteiger partial charge in [-0.1, -0.05) is 6.07 Å². The Kier molecular flexibility index (Phi) is 3.24. The summed E-state index contributed by atoms with van der Waals surface area (Å²) in [6.45, 7) is 3.13. The number of hydrogen-bond acceptors (Lipinski definition) is 1. The highest BCUT2D eigenvalue weighted by Gasteiger charge is 2.32. The summed E-state index contributed by atoms with van der Waals surface area (Å²) in [5.41, 5.74) is 0.580. The molecule has 0 aliphatic carbocycles. The lowest BCUT2D eigenvalue weighted by Crippen LogP contribution is -2.43. The number of halogens is 2. The average Bonchev–Trinajstić information content (AvgIpc) is 2.23. The first-order chi connectivity index (χ1) is 7.59. The summed E-state index contributed by atoms with van der Waals surface area (Å²) in [4.78, 5) is 0. The Morgan fingerprint density at radius 3 is 2.88 bits per heavy atom. The normalized spacial score (nSPS) is 25.7. The second-order valence-electron chi connectivity index (χ2n) is 4.68. The summed E-state index contributed by atoms with van der Waals surface area (Å²) < 4.78 is 27.3. The lowest BCUT2D eigenvalue weighted by molar-refractivity contribution is 0.122. The van der Waals surface area contributed by atoms with E-state index in [2.05, 4.69) is 5.32 Å². The SMILES string of the molecule is Cc1cc(F)ccc1CC1(F)CCCNC1. The van der Waals surface area contributed by atoms with Gasteiger partial charge in [-0.15, -0.1) is 0 Å². The zero-order valence-corrected chi connectivity index (χ0v) is 9.52. The Balaban J connectivity index is 2.13. The predicted octanol–water partition coefficient (Wildman–Crippen LogP) is 2.77. The Hall–Kier alpha value is -0.960. The van der Waals surface area contributed by atoms with Crippen molar-refractivity contribution in [2.45, 2.75) is 31.9 Å². The lowest BCUT2D eigenvalue weighted by atomic mass is 9.88. The predicted molar refractivity (Wildman–Crippen MR) is 60.8 cm³/mol. The number of benzene rings is 1. The minimum absolute atomic E-state index is 0.254. The third kappa shape index (κ3) is 2.59. The van der Waals surface area contributed by atoms with Gasteiger partial charge in [0, 0.05) is 13.0 Å². The summed E-state index contributed by atoms with van der Waals surface area (Å²) in [5.74, 6) is -0.254. The number of hydrogen-bond donors (Lipinski definition) is 1. The van der Waals surface area contributed by atoms with E-state index in [9.17, 15) is 8.78 Å². The molecule has 1 nitrogen and oxygen atoms in total. The second-order valence-corrected chi connectivity index (χ2v) is 4.68. The maximum Gasteiger partial charge on any atom is 0.127 e. The lowest BCUT2D eigenvalue weighted by Gasteiger charge is -2.30. The molecule has 0 radical (unpaired) electrons. The minimum Gasteiger partial charge on any atom is -0.314 e. The van der Waals surface area contributed by atoms with Gasteiger partial charge in [-0.3, -0.25) is 0 Å². The molecular weight excluding hydrogens is 208 g/mol. The van der Waals surface area contributed by atoms with Crippen molar-refractivity contribution >= 4 is 0 Å². The number of piperidine rings is 1. The van der Waals surface area contributed by atoms with Gasteiger partial charge < -0.3 is 5.32 Å². The molecule has 0 amide bonds. The molecule has 1 fully saturated rings. The third-order valence-corrected chi connectivity index (χ3v) is 3.23. The highest BCUT2D eigenvalue weighted by Crippen LogP contribution is 2.27. The fraction of sp³-hybridized carbons (Fsp3) is 0.538. The van der Waals surface area contributed by atoms with Gasteiger partial charge >= 0.3 is 0 Å². The van der Waals surface area contributed by atoms with Crippen LogP contribution in [0.3, 0.4) is 0 Å². The van der Waals surface area contributed by atoms with Gasteiger partial charge in [-0.05, 0) is 49.6 Å². The molecule has 1 unspecified atom stereocenters. The standard InChI is InChI=1S/C13H17F2N/c1-10-7-12(14)4-3-11(10)8-13(15)5-2-6-16-9-13/h3-4,7,16H,2,5-6,8-9H2,1H3. The van der Waals surface area contributed by atoms with Gasteiger partial charge in [-0.2, -0.15) is 0 Å². The average molecular weight is 225 g/mol. The fourth-order valence-corrected chi connectivity index (χ4v) is 2.28. The third-order valence-electron chi connectivity index (χ3n) is 3.23. The molecule has 1 N–H and O–H groups in total. The molecule has 16 heavy (non-hydrogen) atoms. The van der Waals surface area contributed by atoms with Crippen LogP contribution in [0.4, 0.5) is 8.78 Å². The molecule has 3 heteroatoms. The number of alkyl halides is 1. The molecular formula is C13H17F2N. The largest absolute Gasteiger partial charge is 0.314 e. The molecule has 0 aromatic heterocycles. The maximum absolute atomic E-state index is 14.4. The van der Waals surface area contributed by atoms with Crippen LogP contribution in [0, 0.1) is 12.7 Å². The number of aryl methyl sites for hydroxylation is 1. The molecule has 0 saturated carbocycles. The zero-order chi connectivity index (χ0) is 11.6. The van der Waals surface area contributed by atoms with Crippen LogP contribution in [0.15, 0.2) is 18.2 Å². The maximum atomic E-state index is 14.4. The minimum atomic E-state index is -1.17. The molecule has 88 valence electrons. The summed E-state index contributed by atoms with van der Waals surface area (Å²) >= 11 is 0. The van der Waals surface area contributed by atoms with Gasteiger partial charge in [0.05, 0.1) is 0 Å². The van der Waals surface area contributed by atoms with Gasteiger partial charge in [-0.25, -0.2) is 8.78 Å². The van der Waals surface area contributed by atoms with Crippen LogP contribution in [-0.2, 0) is 6.42 Å². The van der Waals surface area contributed by atoms with Crippen LogP contribution in [0.25, 0.3) is 0 Å². The Morgan fingerprint density at radius 1 is 1.44 bits per heavy atom. The summed E-state index contributed by atoms with van der Waals surface area (Å²) in [7, 11) is 0. The van der Waals surface area contributed by atoms with Crippen molar-refractivity contribution in [3.05, 3.63) is 35.1 Å². The van der Waals surface area contributed by atoms with Gasteiger partial charge in [0.2, 0.25) is 0 Å². The van der Waals surface area contributed by atoms with E-state index in [1.165, 1.54) is 12.1 Å². The molecule has 1 saturated heterocycles. The van der Waals surface area contributed by atoms with E-state index in [1.54, 1.807) is 6.07 Å². The van der Waals surface area contributed by atoms with E-state index in [0.717, 1.165) is 24.1 Å². The van der Waals surface area contributed by atoms with Crippen LogP contribution in [0.2, 0.25) is 0 Å². The summed E-state index contributed by atoms with van der Waals surface area (Å²) in [6.07, 6.45) is 1.85. The highest BCUT2D eigenvalue weighted by atomic mass is 19.1. The van der Waals surface area contributed by atoms with Crippen molar-refractivity contribution < 1.29 is 8.78 Å². The Morgan fingerprint density at radius 2 is 2.25 bits per heavy atom. The van der Waals surface area contributed by atoms with E-state index in [4.69, 9.17) is 0 Å². The van der Waals surface area contributed by atoms with Crippen molar-refractivity contribution in [3.63, 3.8) is 0 Å². The molecule has 1 aliphatic heterocycles. The van der Waals surface area contributed by atoms with E-state index in [-0.39, 0.29) is 5.82 Å². The monoisotopic (exact) mass is 225 g/mol. The molecule has 0 bridgehead atoms. The van der Waals surface area contributed by atoms with Crippen LogP contribution in [-0.4, -0.2) is 18.8 Å². The van der Waals surface area contributed by atoms with Crippen LogP contribution in [0.5, 0.6) is 0 Å². The fourth-order valence-electron chi connectivity index (χ4n) is 2.28. The van der Waals surface area contributed by atoms with Gasteiger partial charge in [0.25, 0.3) is 0 Å². The molecule has 1 aromatic carbocycles. The van der Waals surface area contributed by atoms with E-state index in [1.807, 2.05) is 6.92 Å². The van der Waals surface area contributed by atoms with Crippen LogP contribution < -0.4 is 5.32 Å². The summed E-state index contributed by atoms with van der Waals surface area (Å²) in [5, 5.41) is 3.08. The van der Waals surface area contributed by atoms with E-state index < -0.39 is 5.67 Å². The topological polar surface area (TPSA) is 12.0 Å². The molecule has 1 aromatic rings. The second kappa shape index (κ2) is 4.50. The van der Waals surface area contributed by atoms with Crippen molar-refractivity contribution in [1.29, 1.82) is 0 Å². The molecule has 1 atom stereocenters. The van der Waals surface area contributed by atoms with Crippen molar-refractivity contribution in [2.24, 2.45) is 0 Å². The number of rotatable bonds is 2. The zero-order valence-electron chi connectivity index (χ0n) is 9.52. The van der Waals surface area contributed by atoms with E-state index >= 15 is 0 Å². The van der Waals surface area contributed by atoms with Crippen LogP contribution >= 0.6 is 0 Å². The van der Waals surface area contributed by atoms with Crippen LogP contribution in [0.1, 0.15) is 24.0 Å². The smallest absolute Gasteiger partial charge is 0.127 e. The van der Waals surface area contributed by atoms with Crippen molar-refractivity contribution in [1.82, 2.24) is 5.32 Å². The molecule has 0 spiro atoms. The van der Waals surface area contributed by atoms with E-state index in [0.29, 0.717) is 19.4 Å². The van der Waals surface area contributed by atoms with Gasteiger partial charge in [0.1, 0.15) is 11.5 Å². The highest BCUT2D eigenvalue weighted by molar-refractivity contribution is 5.28. The molecule has 1 aliphatic rings. The first-order valence-corrected chi connectivity index (χ1v) is 5.74. The quantitative estimate of drug-likeness (QED) is 0.816. The summed E-state index contributed by atoms with van der Waals surface area (Å²) in [6, 6.07) is 4.57. The molecule has 1 heterocycles. The first-order valence-electron chi connectivity index (χ1n) is 5.74.